The molecule has 26 heavy (non-hydrogen) atoms. The van der Waals surface area contributed by atoms with E-state index in [1.165, 1.54) is 5.56 Å². The van der Waals surface area contributed by atoms with Crippen LogP contribution in [-0.4, -0.2) is 29.8 Å². The van der Waals surface area contributed by atoms with Gasteiger partial charge in [0.1, 0.15) is 0 Å². The summed E-state index contributed by atoms with van der Waals surface area (Å²) in [5.41, 5.74) is 3.61. The largest absolute Gasteiger partial charge is 0.342 e. The molecule has 0 aromatic heterocycles. The molecule has 0 atom stereocenters. The minimum absolute atomic E-state index is 0.117. The van der Waals surface area contributed by atoms with Crippen LogP contribution in [-0.2, 0) is 17.6 Å². The molecule has 0 aliphatic carbocycles. The first-order valence-corrected chi connectivity index (χ1v) is 9.42. The Morgan fingerprint density at radius 1 is 0.923 bits per heavy atom. The predicted molar refractivity (Wildman–Crippen MR) is 104 cm³/mol. The lowest BCUT2D eigenvalue weighted by atomic mass is 10.1. The Hall–Kier alpha value is -2.62. The highest BCUT2D eigenvalue weighted by molar-refractivity contribution is 6.04. The van der Waals surface area contributed by atoms with Gasteiger partial charge in [0.15, 0.2) is 0 Å². The topological polar surface area (TPSA) is 49.4 Å². The summed E-state index contributed by atoms with van der Waals surface area (Å²) in [5, 5.41) is 2.91. The number of hydrogen-bond acceptors (Lipinski definition) is 2. The number of nitrogens with one attached hydrogen (secondary N) is 1. The summed E-state index contributed by atoms with van der Waals surface area (Å²) in [6.45, 7) is 3.90. The third-order valence-electron chi connectivity index (χ3n) is 4.78. The quantitative estimate of drug-likeness (QED) is 0.854. The molecule has 2 amide bonds. The van der Waals surface area contributed by atoms with Gasteiger partial charge in [-0.3, -0.25) is 9.59 Å². The molecule has 2 aromatic rings. The number of anilines is 1. The molecule has 1 heterocycles. The van der Waals surface area contributed by atoms with E-state index in [0.29, 0.717) is 12.0 Å². The molecule has 136 valence electrons. The van der Waals surface area contributed by atoms with E-state index < -0.39 is 0 Å². The number of likely N-dealkylation sites (tertiary alicyclic amines) is 1. The first-order valence-electron chi connectivity index (χ1n) is 9.42. The number of hydrogen-bond donors (Lipinski definition) is 1. The van der Waals surface area contributed by atoms with E-state index >= 15 is 0 Å². The van der Waals surface area contributed by atoms with Crippen molar-refractivity contribution in [2.45, 2.75) is 39.0 Å². The Morgan fingerprint density at radius 3 is 2.15 bits per heavy atom. The van der Waals surface area contributed by atoms with Gasteiger partial charge >= 0.3 is 0 Å². The summed E-state index contributed by atoms with van der Waals surface area (Å²) in [4.78, 5) is 26.5. The Kier molecular flexibility index (Phi) is 6.05. The van der Waals surface area contributed by atoms with Crippen LogP contribution in [0.3, 0.4) is 0 Å². The smallest absolute Gasteiger partial charge is 0.255 e. The first-order chi connectivity index (χ1) is 12.7. The molecular weight excluding hydrogens is 324 g/mol. The van der Waals surface area contributed by atoms with E-state index in [9.17, 15) is 9.59 Å². The minimum Gasteiger partial charge on any atom is -0.342 e. The summed E-state index contributed by atoms with van der Waals surface area (Å²) >= 11 is 0. The van der Waals surface area contributed by atoms with Crippen LogP contribution in [0.15, 0.2) is 48.5 Å². The molecule has 1 aliphatic rings. The van der Waals surface area contributed by atoms with Crippen molar-refractivity contribution in [2.75, 3.05) is 18.4 Å². The first kappa shape index (κ1) is 18.2. The third kappa shape index (κ3) is 4.72. The van der Waals surface area contributed by atoms with E-state index in [0.717, 1.165) is 50.0 Å². The highest BCUT2D eigenvalue weighted by Crippen LogP contribution is 2.15. The lowest BCUT2D eigenvalue weighted by Crippen LogP contribution is -2.29. The molecule has 1 aliphatic heterocycles. The highest BCUT2D eigenvalue weighted by atomic mass is 16.2. The molecule has 0 unspecified atom stereocenters. The van der Waals surface area contributed by atoms with Crippen molar-refractivity contribution in [1.82, 2.24) is 4.90 Å². The molecule has 0 bridgehead atoms. The molecule has 0 radical (unpaired) electrons. The summed E-state index contributed by atoms with van der Waals surface area (Å²) in [5.74, 6) is 0.0698. The van der Waals surface area contributed by atoms with Gasteiger partial charge in [-0.1, -0.05) is 37.6 Å². The molecule has 0 spiro atoms. The summed E-state index contributed by atoms with van der Waals surface area (Å²) in [6.07, 6.45) is 4.76. The maximum absolute atomic E-state index is 12.3. The van der Waals surface area contributed by atoms with Crippen molar-refractivity contribution in [3.05, 3.63) is 65.2 Å². The van der Waals surface area contributed by atoms with Crippen molar-refractivity contribution >= 4 is 17.5 Å². The Labute approximate surface area is 155 Å². The van der Waals surface area contributed by atoms with Crippen molar-refractivity contribution in [1.29, 1.82) is 0 Å². The van der Waals surface area contributed by atoms with E-state index in [1.807, 2.05) is 53.4 Å². The van der Waals surface area contributed by atoms with Gasteiger partial charge in [-0.05, 0) is 54.7 Å². The van der Waals surface area contributed by atoms with Crippen LogP contribution in [0.4, 0.5) is 5.69 Å². The van der Waals surface area contributed by atoms with Gasteiger partial charge in [0.25, 0.3) is 5.91 Å². The Morgan fingerprint density at radius 2 is 1.54 bits per heavy atom. The molecular formula is C22H26N2O2. The predicted octanol–water partition coefficient (Wildman–Crippen LogP) is 4.06. The molecule has 3 rings (SSSR count). The zero-order valence-electron chi connectivity index (χ0n) is 15.3. The lowest BCUT2D eigenvalue weighted by Gasteiger charge is -2.15. The van der Waals surface area contributed by atoms with Gasteiger partial charge < -0.3 is 10.2 Å². The molecule has 1 fully saturated rings. The minimum atomic E-state index is -0.117. The highest BCUT2D eigenvalue weighted by Gasteiger charge is 2.17. The van der Waals surface area contributed by atoms with Crippen molar-refractivity contribution in [3.8, 4) is 0 Å². The number of amides is 2. The second-order valence-electron chi connectivity index (χ2n) is 6.86. The summed E-state index contributed by atoms with van der Waals surface area (Å²) in [6, 6.07) is 15.3. The van der Waals surface area contributed by atoms with Gasteiger partial charge in [-0.25, -0.2) is 0 Å². The van der Waals surface area contributed by atoms with Gasteiger partial charge in [0, 0.05) is 24.3 Å². The molecule has 1 N–H and O–H groups in total. The number of carbonyl (C=O) groups excluding carboxylic acids is 2. The van der Waals surface area contributed by atoms with E-state index in [2.05, 4.69) is 12.2 Å². The second kappa shape index (κ2) is 8.65. The fourth-order valence-corrected chi connectivity index (χ4v) is 3.27. The van der Waals surface area contributed by atoms with Crippen LogP contribution in [0.1, 0.15) is 47.7 Å². The van der Waals surface area contributed by atoms with E-state index in [-0.39, 0.29) is 11.8 Å². The fraction of sp³-hybridized carbons (Fsp3) is 0.364. The standard InChI is InChI=1S/C22H26N2O2/c1-2-5-17-6-10-19(11-7-17)22(26)23-20-12-8-18(9-13-20)16-21(25)24-14-3-4-15-24/h6-13H,2-5,14-16H2,1H3,(H,23,26). The average molecular weight is 350 g/mol. The van der Waals surface area contributed by atoms with Crippen LogP contribution < -0.4 is 5.32 Å². The van der Waals surface area contributed by atoms with Gasteiger partial charge in [-0.15, -0.1) is 0 Å². The fourth-order valence-electron chi connectivity index (χ4n) is 3.27. The van der Waals surface area contributed by atoms with Gasteiger partial charge in [-0.2, -0.15) is 0 Å². The summed E-state index contributed by atoms with van der Waals surface area (Å²) in [7, 11) is 0. The normalized spacial score (nSPS) is 13.7. The zero-order chi connectivity index (χ0) is 18.4. The van der Waals surface area contributed by atoms with Crippen LogP contribution in [0.25, 0.3) is 0 Å². The van der Waals surface area contributed by atoms with E-state index in [4.69, 9.17) is 0 Å². The molecule has 4 heteroatoms. The number of aryl methyl sites for hydroxylation is 1. The average Bonchev–Trinajstić information content (AvgIpc) is 3.19. The maximum atomic E-state index is 12.3. The van der Waals surface area contributed by atoms with Crippen LogP contribution >= 0.6 is 0 Å². The van der Waals surface area contributed by atoms with Gasteiger partial charge in [0.2, 0.25) is 5.91 Å². The molecule has 4 nitrogen and oxygen atoms in total. The third-order valence-corrected chi connectivity index (χ3v) is 4.78. The van der Waals surface area contributed by atoms with Gasteiger partial charge in [0.05, 0.1) is 6.42 Å². The van der Waals surface area contributed by atoms with Crippen molar-refractivity contribution < 1.29 is 9.59 Å². The maximum Gasteiger partial charge on any atom is 0.255 e. The lowest BCUT2D eigenvalue weighted by molar-refractivity contribution is -0.129. The summed E-state index contributed by atoms with van der Waals surface area (Å²) < 4.78 is 0. The SMILES string of the molecule is CCCc1ccc(C(=O)Nc2ccc(CC(=O)N3CCCC3)cc2)cc1. The number of carbonyl (C=O) groups is 2. The van der Waals surface area contributed by atoms with E-state index in [1.54, 1.807) is 0 Å². The van der Waals surface area contributed by atoms with Crippen LogP contribution in [0.5, 0.6) is 0 Å². The molecule has 0 saturated carbocycles. The monoisotopic (exact) mass is 350 g/mol. The zero-order valence-corrected chi connectivity index (χ0v) is 15.3. The Bertz CT molecular complexity index is 745. The number of rotatable bonds is 6. The second-order valence-corrected chi connectivity index (χ2v) is 6.86. The van der Waals surface area contributed by atoms with Crippen LogP contribution in [0.2, 0.25) is 0 Å². The van der Waals surface area contributed by atoms with Crippen molar-refractivity contribution in [3.63, 3.8) is 0 Å². The molecule has 1 saturated heterocycles. The van der Waals surface area contributed by atoms with Crippen molar-refractivity contribution in [2.24, 2.45) is 0 Å². The molecule has 2 aromatic carbocycles. The van der Waals surface area contributed by atoms with Crippen LogP contribution in [0, 0.1) is 0 Å². The number of nitrogens with zero attached hydrogens (tertiary/aromatic N) is 1. The number of benzene rings is 2. The Balaban J connectivity index is 1.56.